The highest BCUT2D eigenvalue weighted by Crippen LogP contribution is 2.43. The number of hydrogen-bond donors (Lipinski definition) is 0. The lowest BCUT2D eigenvalue weighted by Crippen LogP contribution is -2.04. The Hall–Kier alpha value is -0.510. The van der Waals surface area contributed by atoms with Crippen molar-refractivity contribution in [1.82, 2.24) is 0 Å². The maximum Gasteiger partial charge on any atom is 0.0157 e. The minimum absolute atomic E-state index is 0.733. The Balaban J connectivity index is 2.44. The summed E-state index contributed by atoms with van der Waals surface area (Å²) in [5, 5.41) is 1.47. The largest absolute Gasteiger partial charge is 0.122 e. The van der Waals surface area contributed by atoms with Gasteiger partial charge in [-0.25, -0.2) is 0 Å². The first-order chi connectivity index (χ1) is 17.0. The Morgan fingerprint density at radius 3 is 1.09 bits per heavy atom. The van der Waals surface area contributed by atoms with Crippen LogP contribution in [-0.2, 0) is 25.7 Å². The maximum atomic E-state index is 2.43. The lowest BCUT2D eigenvalue weighted by Gasteiger charge is -2.22. The van der Waals surface area contributed by atoms with Crippen molar-refractivity contribution in [2.45, 2.75) is 150 Å². The maximum absolute atomic E-state index is 2.43. The molecule has 0 spiro atoms. The van der Waals surface area contributed by atoms with Crippen LogP contribution < -0.4 is 0 Å². The normalized spacial score (nSPS) is 13.3. The molecule has 2 aromatic rings. The van der Waals surface area contributed by atoms with Crippen molar-refractivity contribution in [3.8, 4) is 0 Å². The van der Waals surface area contributed by atoms with Crippen molar-refractivity contribution in [1.29, 1.82) is 0 Å². The molecular weight excluding hydrogens is 481 g/mol. The molecule has 2 unspecified atom stereocenters. The first-order valence-corrected chi connectivity index (χ1v) is 16.9. The van der Waals surface area contributed by atoms with Gasteiger partial charge in [0.25, 0.3) is 0 Å². The van der Waals surface area contributed by atoms with Crippen LogP contribution in [0.2, 0.25) is 0 Å². The molecule has 0 radical (unpaired) electrons. The summed E-state index contributed by atoms with van der Waals surface area (Å²) in [6.45, 7) is 18.7. The van der Waals surface area contributed by atoms with Gasteiger partial charge in [-0.3, -0.25) is 0 Å². The second-order valence-corrected chi connectivity index (χ2v) is 13.2. The molecule has 2 rings (SSSR count). The van der Waals surface area contributed by atoms with Crippen LogP contribution >= 0.6 is 35.3 Å². The first-order valence-electron chi connectivity index (χ1n) is 14.3. The molecule has 3 heteroatoms. The zero-order valence-corrected chi connectivity index (χ0v) is 26.2. The molecule has 0 heterocycles. The summed E-state index contributed by atoms with van der Waals surface area (Å²) in [6, 6.07) is 9.70. The minimum Gasteiger partial charge on any atom is -0.122 e. The summed E-state index contributed by atoms with van der Waals surface area (Å²) in [7, 11) is 0. The molecule has 0 aromatic heterocycles. The molecule has 2 atom stereocenters. The average Bonchev–Trinajstić information content (AvgIpc) is 2.88. The van der Waals surface area contributed by atoms with Crippen LogP contribution in [0.15, 0.2) is 43.8 Å². The van der Waals surface area contributed by atoms with Gasteiger partial charge < -0.3 is 0 Å². The molecule has 35 heavy (non-hydrogen) atoms. The van der Waals surface area contributed by atoms with E-state index in [-0.39, 0.29) is 0 Å². The quantitative estimate of drug-likeness (QED) is 0.198. The average molecular weight is 531 g/mol. The number of benzene rings is 2. The van der Waals surface area contributed by atoms with E-state index in [4.69, 9.17) is 0 Å². The molecular formula is C32H50S3. The van der Waals surface area contributed by atoms with E-state index in [1.165, 1.54) is 58.1 Å². The van der Waals surface area contributed by atoms with Crippen LogP contribution in [0.1, 0.15) is 116 Å². The van der Waals surface area contributed by atoms with Crippen molar-refractivity contribution >= 4 is 35.3 Å². The molecule has 0 nitrogen and oxygen atoms in total. The topological polar surface area (TPSA) is 0 Å². The van der Waals surface area contributed by atoms with Gasteiger partial charge in [-0.05, 0) is 97.9 Å². The molecule has 2 aromatic carbocycles. The van der Waals surface area contributed by atoms with Crippen molar-refractivity contribution in [2.75, 3.05) is 0 Å². The van der Waals surface area contributed by atoms with E-state index in [2.05, 4.69) is 103 Å². The Labute approximate surface area is 230 Å². The number of rotatable bonds is 16. The van der Waals surface area contributed by atoms with Crippen LogP contribution in [-0.4, -0.2) is 10.5 Å². The van der Waals surface area contributed by atoms with E-state index in [1.807, 2.05) is 11.8 Å². The van der Waals surface area contributed by atoms with Crippen LogP contribution in [0, 0.1) is 0 Å². The first kappa shape index (κ1) is 30.7. The third-order valence-corrected chi connectivity index (χ3v) is 11.3. The van der Waals surface area contributed by atoms with Crippen LogP contribution in [0.4, 0.5) is 0 Å². The van der Waals surface area contributed by atoms with Crippen molar-refractivity contribution in [2.24, 2.45) is 0 Å². The summed E-state index contributed by atoms with van der Waals surface area (Å²) < 4.78 is 0. The van der Waals surface area contributed by atoms with Crippen LogP contribution in [0.3, 0.4) is 0 Å². The lowest BCUT2D eigenvalue weighted by molar-refractivity contribution is 0.718. The monoisotopic (exact) mass is 530 g/mol. The molecule has 0 amide bonds. The third kappa shape index (κ3) is 8.24. The number of hydrogen-bond acceptors (Lipinski definition) is 3. The second kappa shape index (κ2) is 16.4. The van der Waals surface area contributed by atoms with Gasteiger partial charge in [0.05, 0.1) is 0 Å². The smallest absolute Gasteiger partial charge is 0.0157 e. The molecule has 0 fully saturated rings. The van der Waals surface area contributed by atoms with Crippen molar-refractivity contribution < 1.29 is 0 Å². The van der Waals surface area contributed by atoms with E-state index in [1.54, 1.807) is 22.3 Å². The Morgan fingerprint density at radius 2 is 0.800 bits per heavy atom. The fourth-order valence-corrected chi connectivity index (χ4v) is 9.24. The molecule has 0 aliphatic rings. The molecule has 0 aliphatic carbocycles. The summed E-state index contributed by atoms with van der Waals surface area (Å²) in [6.07, 6.45) is 12.1. The summed E-state index contributed by atoms with van der Waals surface area (Å²) in [5.74, 6) is 0. The summed E-state index contributed by atoms with van der Waals surface area (Å²) in [4.78, 5) is 5.97. The fourth-order valence-electron chi connectivity index (χ4n) is 5.08. The molecule has 0 bridgehead atoms. The summed E-state index contributed by atoms with van der Waals surface area (Å²) >= 11 is 6.27. The van der Waals surface area contributed by atoms with Gasteiger partial charge in [0.15, 0.2) is 0 Å². The zero-order valence-electron chi connectivity index (χ0n) is 23.8. The highest BCUT2D eigenvalue weighted by Gasteiger charge is 2.19. The SMILES string of the molecule is CCCC(CC)Sc1ccc(Sc2ccc(SC(CC)CCC)c(CC)c2CC)c(CC)c1CC. The predicted octanol–water partition coefficient (Wildman–Crippen LogP) is 11.4. The highest BCUT2D eigenvalue weighted by molar-refractivity contribution is 8.00. The fraction of sp³-hybridized carbons (Fsp3) is 0.625. The Morgan fingerprint density at radius 1 is 0.486 bits per heavy atom. The number of thioether (sulfide) groups is 2. The lowest BCUT2D eigenvalue weighted by atomic mass is 10.0. The van der Waals surface area contributed by atoms with E-state index >= 15 is 0 Å². The van der Waals surface area contributed by atoms with Gasteiger partial charge in [-0.2, -0.15) is 0 Å². The molecule has 0 saturated heterocycles. The van der Waals surface area contributed by atoms with Gasteiger partial charge in [0, 0.05) is 30.1 Å². The standard InChI is InChI=1S/C32H50S3/c1-9-17-23(11-3)33-29-19-21-31(27(15-7)25(29)13-5)35-32-22-20-30(26(14-6)28(32)16-8)34-24(12-4)18-10-2/h19-24H,9-18H2,1-8H3. The Bertz CT molecular complexity index is 829. The van der Waals surface area contributed by atoms with Crippen molar-refractivity contribution in [3.05, 3.63) is 46.5 Å². The van der Waals surface area contributed by atoms with E-state index in [0.29, 0.717) is 0 Å². The second-order valence-electron chi connectivity index (χ2n) is 9.43. The highest BCUT2D eigenvalue weighted by atomic mass is 32.2. The van der Waals surface area contributed by atoms with Crippen molar-refractivity contribution in [3.63, 3.8) is 0 Å². The van der Waals surface area contributed by atoms with Gasteiger partial charge in [-0.1, -0.05) is 80.0 Å². The van der Waals surface area contributed by atoms with Gasteiger partial charge in [-0.15, -0.1) is 23.5 Å². The molecule has 0 aliphatic heterocycles. The van der Waals surface area contributed by atoms with E-state index in [9.17, 15) is 0 Å². The summed E-state index contributed by atoms with van der Waals surface area (Å²) in [5.41, 5.74) is 6.31. The van der Waals surface area contributed by atoms with E-state index in [0.717, 1.165) is 36.2 Å². The van der Waals surface area contributed by atoms with Gasteiger partial charge in [0.1, 0.15) is 0 Å². The van der Waals surface area contributed by atoms with E-state index < -0.39 is 0 Å². The zero-order chi connectivity index (χ0) is 25.8. The minimum atomic E-state index is 0.733. The van der Waals surface area contributed by atoms with Gasteiger partial charge >= 0.3 is 0 Å². The molecule has 0 N–H and O–H groups in total. The molecule has 196 valence electrons. The molecule has 0 saturated carbocycles. The third-order valence-electron chi connectivity index (χ3n) is 7.04. The van der Waals surface area contributed by atoms with Crippen LogP contribution in [0.5, 0.6) is 0 Å². The predicted molar refractivity (Wildman–Crippen MR) is 164 cm³/mol. The van der Waals surface area contributed by atoms with Crippen LogP contribution in [0.25, 0.3) is 0 Å². The van der Waals surface area contributed by atoms with Gasteiger partial charge in [0.2, 0.25) is 0 Å². The Kier molecular flexibility index (Phi) is 14.4.